The first-order chi connectivity index (χ1) is 5.62. The van der Waals surface area contributed by atoms with Crippen LogP contribution >= 0.6 is 11.6 Å². The molecule has 0 bridgehead atoms. The molecule has 1 aliphatic carbocycles. The molecule has 0 aromatic carbocycles. The zero-order chi connectivity index (χ0) is 8.77. The van der Waals surface area contributed by atoms with Crippen molar-refractivity contribution in [3.8, 4) is 0 Å². The molecule has 1 aromatic heterocycles. The first-order valence-electron chi connectivity index (χ1n) is 3.66. The second-order valence-corrected chi connectivity index (χ2v) is 3.60. The Labute approximate surface area is 73.9 Å². The molecule has 0 radical (unpaired) electrons. The minimum Gasteiger partial charge on any atom is -0.338 e. The Balaban J connectivity index is 2.30. The molecule has 1 aromatic rings. The molecule has 1 heterocycles. The van der Waals surface area contributed by atoms with Gasteiger partial charge in [-0.3, -0.25) is 4.79 Å². The highest BCUT2D eigenvalue weighted by molar-refractivity contribution is 6.67. The van der Waals surface area contributed by atoms with Gasteiger partial charge in [-0.1, -0.05) is 12.1 Å². The standard InChI is InChI=1S/C7H7ClN2O2/c1-7(2-3-7)6-9-5(4(8)11)10-12-6/h2-3H2,1H3. The van der Waals surface area contributed by atoms with E-state index in [4.69, 9.17) is 16.1 Å². The van der Waals surface area contributed by atoms with Crippen LogP contribution in [0, 0.1) is 0 Å². The average Bonchev–Trinajstić information content (AvgIpc) is 2.61. The fourth-order valence-electron chi connectivity index (χ4n) is 0.950. The zero-order valence-corrected chi connectivity index (χ0v) is 7.26. The van der Waals surface area contributed by atoms with Crippen molar-refractivity contribution in [2.45, 2.75) is 25.2 Å². The van der Waals surface area contributed by atoms with Gasteiger partial charge in [-0.05, 0) is 24.4 Å². The van der Waals surface area contributed by atoms with Crippen molar-refractivity contribution in [1.29, 1.82) is 0 Å². The molecular weight excluding hydrogens is 180 g/mol. The molecule has 0 spiro atoms. The van der Waals surface area contributed by atoms with Gasteiger partial charge in [0.15, 0.2) is 0 Å². The van der Waals surface area contributed by atoms with Crippen LogP contribution in [0.1, 0.15) is 36.3 Å². The number of carbonyl (C=O) groups excluding carboxylic acids is 1. The Hall–Kier alpha value is -0.900. The van der Waals surface area contributed by atoms with Crippen LogP contribution in [-0.2, 0) is 5.41 Å². The molecule has 4 nitrogen and oxygen atoms in total. The normalized spacial score (nSPS) is 19.2. The number of carbonyl (C=O) groups is 1. The van der Waals surface area contributed by atoms with Crippen LogP contribution in [0.2, 0.25) is 0 Å². The summed E-state index contributed by atoms with van der Waals surface area (Å²) in [6.45, 7) is 2.02. The maximum absolute atomic E-state index is 10.6. The maximum Gasteiger partial charge on any atom is 0.293 e. The van der Waals surface area contributed by atoms with Gasteiger partial charge < -0.3 is 4.52 Å². The molecule has 0 saturated heterocycles. The lowest BCUT2D eigenvalue weighted by atomic mass is 10.1. The van der Waals surface area contributed by atoms with Crippen LogP contribution in [0.15, 0.2) is 4.52 Å². The Morgan fingerprint density at radius 2 is 2.33 bits per heavy atom. The molecule has 1 aliphatic rings. The van der Waals surface area contributed by atoms with Gasteiger partial charge in [0, 0.05) is 5.41 Å². The molecular formula is C7H7ClN2O2. The van der Waals surface area contributed by atoms with Crippen LogP contribution in [-0.4, -0.2) is 15.4 Å². The highest BCUT2D eigenvalue weighted by atomic mass is 35.5. The first-order valence-corrected chi connectivity index (χ1v) is 4.04. The summed E-state index contributed by atoms with van der Waals surface area (Å²) in [5.41, 5.74) is -0.00239. The molecule has 0 aliphatic heterocycles. The molecule has 0 amide bonds. The SMILES string of the molecule is CC1(c2nc(C(=O)Cl)no2)CC1. The fourth-order valence-corrected chi connectivity index (χ4v) is 1.03. The van der Waals surface area contributed by atoms with Crippen molar-refractivity contribution in [3.63, 3.8) is 0 Å². The Bertz CT molecular complexity index is 330. The third-order valence-corrected chi connectivity index (χ3v) is 2.29. The van der Waals surface area contributed by atoms with E-state index < -0.39 is 5.24 Å². The molecule has 0 atom stereocenters. The third-order valence-electron chi connectivity index (χ3n) is 2.12. The third kappa shape index (κ3) is 1.12. The van der Waals surface area contributed by atoms with E-state index in [1.807, 2.05) is 6.92 Å². The maximum atomic E-state index is 10.6. The molecule has 1 fully saturated rings. The zero-order valence-electron chi connectivity index (χ0n) is 6.50. The summed E-state index contributed by atoms with van der Waals surface area (Å²) in [4.78, 5) is 14.5. The lowest BCUT2D eigenvalue weighted by Crippen LogP contribution is -2.00. The smallest absolute Gasteiger partial charge is 0.293 e. The first kappa shape index (κ1) is 7.73. The van der Waals surface area contributed by atoms with E-state index in [1.54, 1.807) is 0 Å². The average molecular weight is 187 g/mol. The Kier molecular flexibility index (Phi) is 1.48. The molecule has 64 valence electrons. The minimum atomic E-state index is -0.672. The van der Waals surface area contributed by atoms with Crippen molar-refractivity contribution in [2.75, 3.05) is 0 Å². The van der Waals surface area contributed by atoms with Crippen LogP contribution in [0.4, 0.5) is 0 Å². The molecule has 1 saturated carbocycles. The Morgan fingerprint density at radius 3 is 2.75 bits per heavy atom. The van der Waals surface area contributed by atoms with E-state index in [-0.39, 0.29) is 11.2 Å². The lowest BCUT2D eigenvalue weighted by Gasteiger charge is -1.96. The van der Waals surface area contributed by atoms with E-state index in [0.717, 1.165) is 12.8 Å². The second kappa shape index (κ2) is 2.29. The van der Waals surface area contributed by atoms with Crippen molar-refractivity contribution >= 4 is 16.8 Å². The molecule has 2 rings (SSSR count). The number of hydrogen-bond acceptors (Lipinski definition) is 4. The quantitative estimate of drug-likeness (QED) is 0.657. The van der Waals surface area contributed by atoms with E-state index >= 15 is 0 Å². The highest BCUT2D eigenvalue weighted by Gasteiger charge is 2.44. The van der Waals surface area contributed by atoms with Crippen LogP contribution in [0.3, 0.4) is 0 Å². The van der Waals surface area contributed by atoms with Crippen molar-refractivity contribution in [1.82, 2.24) is 10.1 Å². The largest absolute Gasteiger partial charge is 0.338 e. The van der Waals surface area contributed by atoms with Gasteiger partial charge in [-0.25, -0.2) is 0 Å². The second-order valence-electron chi connectivity index (χ2n) is 3.26. The number of aromatic nitrogens is 2. The summed E-state index contributed by atoms with van der Waals surface area (Å²) in [5, 5.41) is 2.78. The Morgan fingerprint density at radius 1 is 1.67 bits per heavy atom. The van der Waals surface area contributed by atoms with E-state index in [0.29, 0.717) is 5.89 Å². The summed E-state index contributed by atoms with van der Waals surface area (Å²) in [6, 6.07) is 0. The molecule has 12 heavy (non-hydrogen) atoms. The minimum absolute atomic E-state index is 0.00239. The monoisotopic (exact) mass is 186 g/mol. The van der Waals surface area contributed by atoms with Crippen LogP contribution < -0.4 is 0 Å². The topological polar surface area (TPSA) is 56.0 Å². The molecule has 0 N–H and O–H groups in total. The van der Waals surface area contributed by atoms with E-state index in [9.17, 15) is 4.79 Å². The molecule has 5 heteroatoms. The highest BCUT2D eigenvalue weighted by Crippen LogP contribution is 2.46. The van der Waals surface area contributed by atoms with E-state index in [2.05, 4.69) is 10.1 Å². The van der Waals surface area contributed by atoms with Gasteiger partial charge in [-0.15, -0.1) is 0 Å². The summed E-state index contributed by atoms with van der Waals surface area (Å²) in [7, 11) is 0. The summed E-state index contributed by atoms with van der Waals surface area (Å²) >= 11 is 5.16. The van der Waals surface area contributed by atoms with Gasteiger partial charge in [0.05, 0.1) is 0 Å². The summed E-state index contributed by atoms with van der Waals surface area (Å²) in [6.07, 6.45) is 2.07. The van der Waals surface area contributed by atoms with Gasteiger partial charge in [0.1, 0.15) is 0 Å². The van der Waals surface area contributed by atoms with Gasteiger partial charge >= 0.3 is 0 Å². The van der Waals surface area contributed by atoms with Gasteiger partial charge in [0.2, 0.25) is 5.89 Å². The van der Waals surface area contributed by atoms with Crippen LogP contribution in [0.5, 0.6) is 0 Å². The predicted octanol–water partition coefficient (Wildman–Crippen LogP) is 1.50. The number of nitrogens with zero attached hydrogens (tertiary/aromatic N) is 2. The van der Waals surface area contributed by atoms with Crippen molar-refractivity contribution in [3.05, 3.63) is 11.7 Å². The molecule has 0 unspecified atom stereocenters. The number of halogens is 1. The number of hydrogen-bond donors (Lipinski definition) is 0. The summed E-state index contributed by atoms with van der Waals surface area (Å²) in [5.74, 6) is 0.478. The van der Waals surface area contributed by atoms with Gasteiger partial charge in [0.25, 0.3) is 11.1 Å². The van der Waals surface area contributed by atoms with Crippen molar-refractivity contribution in [2.24, 2.45) is 0 Å². The van der Waals surface area contributed by atoms with Crippen LogP contribution in [0.25, 0.3) is 0 Å². The lowest BCUT2D eigenvalue weighted by molar-refractivity contribution is 0.107. The van der Waals surface area contributed by atoms with Crippen molar-refractivity contribution < 1.29 is 9.32 Å². The summed E-state index contributed by atoms with van der Waals surface area (Å²) < 4.78 is 4.89. The van der Waals surface area contributed by atoms with Gasteiger partial charge in [-0.2, -0.15) is 4.98 Å². The fraction of sp³-hybridized carbons (Fsp3) is 0.571. The van der Waals surface area contributed by atoms with E-state index in [1.165, 1.54) is 0 Å². The predicted molar refractivity (Wildman–Crippen MR) is 41.1 cm³/mol. The number of rotatable bonds is 2.